The number of nitrogens with zero attached hydrogens (tertiary/aromatic N) is 7. The summed E-state index contributed by atoms with van der Waals surface area (Å²) in [6, 6.07) is 6.46. The maximum atomic E-state index is 12.7. The van der Waals surface area contributed by atoms with Crippen molar-refractivity contribution in [2.45, 2.75) is 25.4 Å². The highest BCUT2D eigenvalue weighted by Crippen LogP contribution is 2.32. The van der Waals surface area contributed by atoms with Gasteiger partial charge in [-0.05, 0) is 38.0 Å². The Morgan fingerprint density at radius 1 is 1.31 bits per heavy atom. The minimum atomic E-state index is -0.435. The summed E-state index contributed by atoms with van der Waals surface area (Å²) in [6.07, 6.45) is 0.586. The van der Waals surface area contributed by atoms with Gasteiger partial charge in [-0.3, -0.25) is 14.9 Å². The van der Waals surface area contributed by atoms with E-state index in [4.69, 9.17) is 5.84 Å². The highest BCUT2D eigenvalue weighted by molar-refractivity contribution is 7.99. The summed E-state index contributed by atoms with van der Waals surface area (Å²) in [6.45, 7) is 4.25. The number of benzene rings is 1. The second-order valence-electron chi connectivity index (χ2n) is 6.65. The van der Waals surface area contributed by atoms with Crippen molar-refractivity contribution in [2.75, 3.05) is 23.0 Å². The Labute approximate surface area is 169 Å². The van der Waals surface area contributed by atoms with Crippen molar-refractivity contribution < 1.29 is 9.72 Å². The van der Waals surface area contributed by atoms with Gasteiger partial charge >= 0.3 is 0 Å². The monoisotopic (exact) mass is 414 g/mol. The molecule has 11 nitrogen and oxygen atoms in total. The molecule has 3 heterocycles. The average molecular weight is 414 g/mol. The van der Waals surface area contributed by atoms with Crippen LogP contribution in [0.5, 0.6) is 0 Å². The van der Waals surface area contributed by atoms with Gasteiger partial charge < -0.3 is 10.7 Å². The fourth-order valence-electron chi connectivity index (χ4n) is 3.31. The van der Waals surface area contributed by atoms with E-state index in [1.165, 1.54) is 28.6 Å². The van der Waals surface area contributed by atoms with Gasteiger partial charge in [-0.1, -0.05) is 11.8 Å². The predicted molar refractivity (Wildman–Crippen MR) is 107 cm³/mol. The van der Waals surface area contributed by atoms with Gasteiger partial charge in [-0.15, -0.1) is 10.2 Å². The van der Waals surface area contributed by atoms with Crippen molar-refractivity contribution in [1.29, 1.82) is 0 Å². The lowest BCUT2D eigenvalue weighted by atomic mass is 10.1. The van der Waals surface area contributed by atoms with Crippen molar-refractivity contribution in [2.24, 2.45) is 0 Å². The van der Waals surface area contributed by atoms with Crippen LogP contribution in [0.4, 0.5) is 11.4 Å². The summed E-state index contributed by atoms with van der Waals surface area (Å²) in [5, 5.41) is 23.8. The molecule has 0 atom stereocenters. The number of amides is 1. The maximum absolute atomic E-state index is 12.7. The summed E-state index contributed by atoms with van der Waals surface area (Å²) in [4.78, 5) is 24.8. The molecule has 1 aliphatic rings. The molecule has 150 valence electrons. The van der Waals surface area contributed by atoms with E-state index >= 15 is 0 Å². The van der Waals surface area contributed by atoms with Crippen LogP contribution in [0.15, 0.2) is 29.4 Å². The smallest absolute Gasteiger partial charge is 0.271 e. The highest BCUT2D eigenvalue weighted by Gasteiger charge is 2.27. The summed E-state index contributed by atoms with van der Waals surface area (Å²) in [5.41, 5.74) is 3.24. The molecule has 0 unspecified atom stereocenters. The number of aryl methyl sites for hydroxylation is 2. The molecule has 29 heavy (non-hydrogen) atoms. The van der Waals surface area contributed by atoms with Crippen LogP contribution >= 0.6 is 11.8 Å². The van der Waals surface area contributed by atoms with Crippen molar-refractivity contribution in [1.82, 2.24) is 24.7 Å². The zero-order valence-electron chi connectivity index (χ0n) is 15.8. The second kappa shape index (κ2) is 7.20. The second-order valence-corrected chi connectivity index (χ2v) is 7.59. The Hall–Kier alpha value is -3.41. The predicted octanol–water partition coefficient (Wildman–Crippen LogP) is 1.38. The molecule has 1 amide bonds. The third kappa shape index (κ3) is 3.42. The Bertz CT molecular complexity index is 1120. The van der Waals surface area contributed by atoms with Crippen LogP contribution in [0, 0.1) is 24.0 Å². The molecule has 0 saturated carbocycles. The number of nitro groups is 1. The van der Waals surface area contributed by atoms with Crippen molar-refractivity contribution in [3.63, 3.8) is 0 Å². The maximum Gasteiger partial charge on any atom is 0.271 e. The van der Waals surface area contributed by atoms with E-state index in [1.807, 2.05) is 19.9 Å². The largest absolute Gasteiger partial charge is 0.334 e. The van der Waals surface area contributed by atoms with Crippen LogP contribution in [-0.2, 0) is 11.2 Å². The summed E-state index contributed by atoms with van der Waals surface area (Å²) in [5.74, 6) is 6.45. The van der Waals surface area contributed by atoms with Gasteiger partial charge in [0.15, 0.2) is 0 Å². The van der Waals surface area contributed by atoms with Gasteiger partial charge in [0.25, 0.3) is 11.6 Å². The number of carbonyl (C=O) groups excluding carboxylic acids is 1. The number of nitro benzene ring substituents is 1. The zero-order valence-corrected chi connectivity index (χ0v) is 16.6. The van der Waals surface area contributed by atoms with Crippen molar-refractivity contribution >= 4 is 29.0 Å². The lowest BCUT2D eigenvalue weighted by molar-refractivity contribution is -0.384. The number of nitrogen functional groups attached to an aromatic ring is 1. The minimum Gasteiger partial charge on any atom is -0.334 e. The number of hydrogen-bond acceptors (Lipinski definition) is 8. The van der Waals surface area contributed by atoms with Crippen LogP contribution in [0.1, 0.15) is 17.0 Å². The molecule has 0 aliphatic carbocycles. The molecule has 0 bridgehead atoms. The van der Waals surface area contributed by atoms with Crippen LogP contribution in [0.2, 0.25) is 0 Å². The third-order valence-corrected chi connectivity index (χ3v) is 5.57. The number of non-ortho nitro benzene ring substituents is 1. The van der Waals surface area contributed by atoms with E-state index in [9.17, 15) is 14.9 Å². The van der Waals surface area contributed by atoms with Gasteiger partial charge in [0, 0.05) is 30.1 Å². The van der Waals surface area contributed by atoms with Crippen LogP contribution in [0.25, 0.3) is 5.95 Å². The number of anilines is 1. The van der Waals surface area contributed by atoms with E-state index in [0.717, 1.165) is 17.0 Å². The molecular weight excluding hydrogens is 396 g/mol. The standard InChI is InChI=1S/C17H18N8O3S/c1-10-7-11(2)24(21-10)16-19-20-17(23(16)18)29-9-15(26)22-6-5-12-8-13(25(27)28)3-4-14(12)22/h3-4,7-8H,5-6,9,18H2,1-2H3. The molecule has 3 aromatic rings. The number of rotatable bonds is 5. The normalized spacial score (nSPS) is 13.0. The van der Waals surface area contributed by atoms with Crippen LogP contribution < -0.4 is 10.7 Å². The van der Waals surface area contributed by atoms with Gasteiger partial charge in [0.1, 0.15) is 0 Å². The molecule has 0 radical (unpaired) electrons. The van der Waals surface area contributed by atoms with E-state index in [0.29, 0.717) is 29.8 Å². The minimum absolute atomic E-state index is 0.0281. The lowest BCUT2D eigenvalue weighted by Gasteiger charge is -2.16. The molecule has 1 aliphatic heterocycles. The summed E-state index contributed by atoms with van der Waals surface area (Å²) < 4.78 is 2.90. The average Bonchev–Trinajstić information content (AvgIpc) is 3.36. The number of fused-ring (bicyclic) bond motifs is 1. The molecule has 2 aromatic heterocycles. The summed E-state index contributed by atoms with van der Waals surface area (Å²) >= 11 is 1.18. The lowest BCUT2D eigenvalue weighted by Crippen LogP contribution is -2.30. The van der Waals surface area contributed by atoms with Gasteiger partial charge in [0.05, 0.1) is 16.4 Å². The van der Waals surface area contributed by atoms with Crippen LogP contribution in [0.3, 0.4) is 0 Å². The third-order valence-electron chi connectivity index (χ3n) is 4.64. The zero-order chi connectivity index (χ0) is 20.7. The van der Waals surface area contributed by atoms with Gasteiger partial charge in [-0.25, -0.2) is 9.36 Å². The van der Waals surface area contributed by atoms with E-state index in [-0.39, 0.29) is 17.3 Å². The Morgan fingerprint density at radius 3 is 2.79 bits per heavy atom. The van der Waals surface area contributed by atoms with E-state index in [2.05, 4.69) is 15.3 Å². The fraction of sp³-hybridized carbons (Fsp3) is 0.294. The molecule has 4 rings (SSSR count). The molecule has 0 spiro atoms. The molecule has 0 saturated heterocycles. The SMILES string of the molecule is Cc1cc(C)n(-c2nnc(SCC(=O)N3CCc4cc([N+](=O)[O-])ccc43)n2N)n1. The summed E-state index contributed by atoms with van der Waals surface area (Å²) in [7, 11) is 0. The number of aromatic nitrogens is 5. The molecule has 12 heteroatoms. The molecule has 2 N–H and O–H groups in total. The quantitative estimate of drug-likeness (QED) is 0.286. The first-order chi connectivity index (χ1) is 13.8. The van der Waals surface area contributed by atoms with Gasteiger partial charge in [0.2, 0.25) is 11.1 Å². The van der Waals surface area contributed by atoms with Crippen LogP contribution in [-0.4, -0.2) is 47.8 Å². The van der Waals surface area contributed by atoms with Gasteiger partial charge in [-0.2, -0.15) is 5.10 Å². The molecule has 1 aromatic carbocycles. The van der Waals surface area contributed by atoms with E-state index in [1.54, 1.807) is 15.6 Å². The number of carbonyl (C=O) groups is 1. The Kier molecular flexibility index (Phi) is 4.70. The van der Waals surface area contributed by atoms with Crippen molar-refractivity contribution in [3.8, 4) is 5.95 Å². The number of hydrogen-bond donors (Lipinski definition) is 1. The molecular formula is C17H18N8O3S. The Morgan fingerprint density at radius 2 is 2.10 bits per heavy atom. The first-order valence-electron chi connectivity index (χ1n) is 8.80. The Balaban J connectivity index is 1.47. The fourth-order valence-corrected chi connectivity index (χ4v) is 4.04. The highest BCUT2D eigenvalue weighted by atomic mass is 32.2. The first-order valence-corrected chi connectivity index (χ1v) is 9.78. The first kappa shape index (κ1) is 18.9. The van der Waals surface area contributed by atoms with Crippen molar-refractivity contribution in [3.05, 3.63) is 51.3 Å². The number of nitrogens with two attached hydrogens (primary N) is 1. The number of thioether (sulfide) groups is 1. The molecule has 0 fully saturated rings. The van der Waals surface area contributed by atoms with E-state index < -0.39 is 4.92 Å². The topological polar surface area (TPSA) is 138 Å².